The van der Waals surface area contributed by atoms with Crippen molar-refractivity contribution in [1.82, 2.24) is 9.55 Å². The normalized spacial score (nSPS) is 22.0. The molecule has 0 spiro atoms. The van der Waals surface area contributed by atoms with Crippen molar-refractivity contribution in [3.8, 4) is 0 Å². The molecular weight excluding hydrogens is 376 g/mol. The van der Waals surface area contributed by atoms with Gasteiger partial charge in [0, 0.05) is 24.6 Å². The minimum Gasteiger partial charge on any atom is -0.325 e. The van der Waals surface area contributed by atoms with Crippen LogP contribution in [0.4, 0.5) is 5.69 Å². The first-order chi connectivity index (χ1) is 14.6. The van der Waals surface area contributed by atoms with Gasteiger partial charge in [-0.1, -0.05) is 18.2 Å². The molecule has 0 bridgehead atoms. The van der Waals surface area contributed by atoms with E-state index in [1.807, 2.05) is 41.8 Å². The lowest BCUT2D eigenvalue weighted by Gasteiger charge is -2.33. The summed E-state index contributed by atoms with van der Waals surface area (Å²) in [5.41, 5.74) is 5.52. The number of para-hydroxylation sites is 2. The second-order valence-electron chi connectivity index (χ2n) is 8.75. The maximum atomic E-state index is 12.9. The number of fused-ring (bicyclic) bond motifs is 2. The number of anilines is 1. The number of carbonyl (C=O) groups is 1. The maximum absolute atomic E-state index is 12.9. The highest BCUT2D eigenvalue weighted by atomic mass is 16.2. The molecule has 6 nitrogen and oxygen atoms in total. The summed E-state index contributed by atoms with van der Waals surface area (Å²) in [5.74, 6) is 0.0747. The number of nitrogens with one attached hydrogen (secondary N) is 3. The SMILES string of the molecule is C[C@@H](C(=O)Nc1ccc2c(c1)CCC2)[NH+]1CCC(n2c(=O)[nH]c3ccccc32)CC1. The molecule has 30 heavy (non-hydrogen) atoms. The summed E-state index contributed by atoms with van der Waals surface area (Å²) in [6.07, 6.45) is 5.27. The van der Waals surface area contributed by atoms with E-state index in [4.69, 9.17) is 0 Å². The lowest BCUT2D eigenvalue weighted by atomic mass is 10.0. The van der Waals surface area contributed by atoms with Gasteiger partial charge in [-0.3, -0.25) is 9.36 Å². The van der Waals surface area contributed by atoms with E-state index in [9.17, 15) is 9.59 Å². The highest BCUT2D eigenvalue weighted by Crippen LogP contribution is 2.25. The van der Waals surface area contributed by atoms with Gasteiger partial charge in [-0.05, 0) is 61.6 Å². The van der Waals surface area contributed by atoms with Crippen molar-refractivity contribution < 1.29 is 9.69 Å². The first kappa shape index (κ1) is 19.1. The summed E-state index contributed by atoms with van der Waals surface area (Å²) in [4.78, 5) is 29.6. The maximum Gasteiger partial charge on any atom is 0.326 e. The monoisotopic (exact) mass is 405 g/mol. The van der Waals surface area contributed by atoms with Crippen LogP contribution in [-0.2, 0) is 17.6 Å². The number of aryl methyl sites for hydroxylation is 2. The Hall–Kier alpha value is -2.86. The number of benzene rings is 2. The van der Waals surface area contributed by atoms with Crippen LogP contribution in [0.1, 0.15) is 43.4 Å². The largest absolute Gasteiger partial charge is 0.326 e. The van der Waals surface area contributed by atoms with E-state index in [2.05, 4.69) is 22.4 Å². The molecular formula is C24H29N4O2+. The number of hydrogen-bond acceptors (Lipinski definition) is 2. The van der Waals surface area contributed by atoms with Gasteiger partial charge in [0.2, 0.25) is 0 Å². The lowest BCUT2D eigenvalue weighted by Crippen LogP contribution is -3.17. The van der Waals surface area contributed by atoms with Gasteiger partial charge in [0.15, 0.2) is 6.04 Å². The molecule has 2 aromatic carbocycles. The van der Waals surface area contributed by atoms with E-state index < -0.39 is 0 Å². The number of amides is 1. The Morgan fingerprint density at radius 1 is 1.13 bits per heavy atom. The minimum absolute atomic E-state index is 0.0351. The van der Waals surface area contributed by atoms with Crippen molar-refractivity contribution in [2.24, 2.45) is 0 Å². The molecule has 2 heterocycles. The van der Waals surface area contributed by atoms with Crippen LogP contribution < -0.4 is 15.9 Å². The molecule has 1 fully saturated rings. The quantitative estimate of drug-likeness (QED) is 0.622. The Morgan fingerprint density at radius 3 is 2.73 bits per heavy atom. The Morgan fingerprint density at radius 2 is 1.90 bits per heavy atom. The highest BCUT2D eigenvalue weighted by molar-refractivity contribution is 5.93. The number of quaternary nitrogens is 1. The first-order valence-corrected chi connectivity index (χ1v) is 11.1. The topological polar surface area (TPSA) is 71.3 Å². The van der Waals surface area contributed by atoms with Gasteiger partial charge in [0.1, 0.15) is 0 Å². The standard InChI is InChI=1S/C24H28N4O2/c1-16(23(29)25-19-10-9-17-5-4-6-18(17)15-19)27-13-11-20(12-14-27)28-22-8-3-2-7-21(22)26-24(28)30/h2-3,7-10,15-16,20H,4-6,11-14H2,1H3,(H,25,29)(H,26,30)/p+1/t16-/m0/s1. The number of aromatic amines is 1. The van der Waals surface area contributed by atoms with Crippen molar-refractivity contribution in [3.05, 3.63) is 64.1 Å². The minimum atomic E-state index is -0.112. The Kier molecular flexibility index (Phi) is 4.95. The molecule has 1 aliphatic carbocycles. The molecule has 3 N–H and O–H groups in total. The number of imidazole rings is 1. The van der Waals surface area contributed by atoms with Gasteiger partial charge in [0.05, 0.1) is 24.1 Å². The van der Waals surface area contributed by atoms with Crippen molar-refractivity contribution >= 4 is 22.6 Å². The number of likely N-dealkylation sites (tertiary alicyclic amines) is 1. The number of nitrogens with zero attached hydrogens (tertiary/aromatic N) is 1. The molecule has 1 aliphatic heterocycles. The smallest absolute Gasteiger partial charge is 0.325 e. The third-order valence-corrected chi connectivity index (χ3v) is 6.96. The third-order valence-electron chi connectivity index (χ3n) is 6.96. The van der Waals surface area contributed by atoms with E-state index in [-0.39, 0.29) is 23.7 Å². The fourth-order valence-electron chi connectivity index (χ4n) is 5.19. The van der Waals surface area contributed by atoms with E-state index in [0.29, 0.717) is 0 Å². The van der Waals surface area contributed by atoms with Gasteiger partial charge < -0.3 is 15.2 Å². The van der Waals surface area contributed by atoms with E-state index in [1.54, 1.807) is 0 Å². The molecule has 1 atom stereocenters. The summed E-state index contributed by atoms with van der Waals surface area (Å²) in [6.45, 7) is 3.78. The second kappa shape index (κ2) is 7.76. The van der Waals surface area contributed by atoms with Crippen molar-refractivity contribution in [1.29, 1.82) is 0 Å². The van der Waals surface area contributed by atoms with E-state index in [1.165, 1.54) is 22.4 Å². The molecule has 6 heteroatoms. The lowest BCUT2D eigenvalue weighted by molar-refractivity contribution is -0.919. The fourth-order valence-corrected chi connectivity index (χ4v) is 5.19. The average Bonchev–Trinajstić information content (AvgIpc) is 3.36. The molecule has 1 saturated heterocycles. The molecule has 0 unspecified atom stereocenters. The van der Waals surface area contributed by atoms with Crippen LogP contribution in [0.5, 0.6) is 0 Å². The molecule has 2 aliphatic rings. The molecule has 0 saturated carbocycles. The van der Waals surface area contributed by atoms with Crippen LogP contribution in [-0.4, -0.2) is 34.6 Å². The number of aromatic nitrogens is 2. The zero-order valence-electron chi connectivity index (χ0n) is 17.4. The van der Waals surface area contributed by atoms with E-state index in [0.717, 1.165) is 55.5 Å². The van der Waals surface area contributed by atoms with Crippen LogP contribution in [0, 0.1) is 0 Å². The molecule has 5 rings (SSSR count). The Bertz CT molecular complexity index is 1140. The Balaban J connectivity index is 1.23. The number of H-pyrrole nitrogens is 1. The second-order valence-corrected chi connectivity index (χ2v) is 8.75. The molecule has 0 radical (unpaired) electrons. The molecule has 1 aromatic heterocycles. The van der Waals surface area contributed by atoms with Crippen LogP contribution in [0.25, 0.3) is 11.0 Å². The number of rotatable bonds is 4. The number of carbonyl (C=O) groups excluding carboxylic acids is 1. The summed E-state index contributed by atoms with van der Waals surface area (Å²) in [6, 6.07) is 14.2. The third kappa shape index (κ3) is 3.45. The van der Waals surface area contributed by atoms with Gasteiger partial charge >= 0.3 is 5.69 Å². The van der Waals surface area contributed by atoms with Gasteiger partial charge in [-0.25, -0.2) is 4.79 Å². The summed E-state index contributed by atoms with van der Waals surface area (Å²) < 4.78 is 1.90. The predicted molar refractivity (Wildman–Crippen MR) is 118 cm³/mol. The summed E-state index contributed by atoms with van der Waals surface area (Å²) in [5, 5.41) is 3.12. The van der Waals surface area contributed by atoms with Crippen LogP contribution >= 0.6 is 0 Å². The van der Waals surface area contributed by atoms with Crippen molar-refractivity contribution in [3.63, 3.8) is 0 Å². The predicted octanol–water partition coefficient (Wildman–Crippen LogP) is 2.07. The van der Waals surface area contributed by atoms with Gasteiger partial charge in [-0.15, -0.1) is 0 Å². The molecule has 156 valence electrons. The van der Waals surface area contributed by atoms with Gasteiger partial charge in [0.25, 0.3) is 5.91 Å². The van der Waals surface area contributed by atoms with Crippen LogP contribution in [0.2, 0.25) is 0 Å². The first-order valence-electron chi connectivity index (χ1n) is 11.1. The zero-order valence-corrected chi connectivity index (χ0v) is 17.4. The Labute approximate surface area is 175 Å². The number of hydrogen-bond donors (Lipinski definition) is 3. The summed E-state index contributed by atoms with van der Waals surface area (Å²) >= 11 is 0. The zero-order chi connectivity index (χ0) is 20.7. The van der Waals surface area contributed by atoms with Crippen LogP contribution in [0.3, 0.4) is 0 Å². The van der Waals surface area contributed by atoms with Crippen molar-refractivity contribution in [2.75, 3.05) is 18.4 Å². The highest BCUT2D eigenvalue weighted by Gasteiger charge is 2.32. The van der Waals surface area contributed by atoms with Crippen LogP contribution in [0.15, 0.2) is 47.3 Å². The fraction of sp³-hybridized carbons (Fsp3) is 0.417. The summed E-state index contributed by atoms with van der Waals surface area (Å²) in [7, 11) is 0. The van der Waals surface area contributed by atoms with Gasteiger partial charge in [-0.2, -0.15) is 0 Å². The number of piperidine rings is 1. The van der Waals surface area contributed by atoms with E-state index >= 15 is 0 Å². The molecule has 3 aromatic rings. The average molecular weight is 406 g/mol. The molecule has 1 amide bonds. The van der Waals surface area contributed by atoms with Crippen molar-refractivity contribution in [2.45, 2.75) is 51.1 Å².